The van der Waals surface area contributed by atoms with Gasteiger partial charge in [-0.25, -0.2) is 4.39 Å². The molecule has 0 atom stereocenters. The minimum Gasteiger partial charge on any atom is -0.481 e. The van der Waals surface area contributed by atoms with Crippen molar-refractivity contribution >= 4 is 22.8 Å². The maximum atomic E-state index is 14.7. The van der Waals surface area contributed by atoms with Crippen molar-refractivity contribution in [1.29, 1.82) is 5.26 Å². The van der Waals surface area contributed by atoms with E-state index in [9.17, 15) is 14.0 Å². The van der Waals surface area contributed by atoms with Crippen LogP contribution in [0.5, 0.6) is 0 Å². The number of carbonyl (C=O) groups excluding carboxylic acids is 1. The molecule has 2 N–H and O–H groups in total. The second kappa shape index (κ2) is 9.14. The number of hydrogen-bond donors (Lipinski definition) is 2. The number of nitrogens with zero attached hydrogens (tertiary/aromatic N) is 2. The zero-order valence-corrected chi connectivity index (χ0v) is 20.7. The van der Waals surface area contributed by atoms with Crippen molar-refractivity contribution in [2.75, 3.05) is 0 Å². The third-order valence-electron chi connectivity index (χ3n) is 8.15. The molecule has 2 saturated carbocycles. The molecule has 190 valence electrons. The van der Waals surface area contributed by atoms with Gasteiger partial charge in [-0.15, -0.1) is 0 Å². The third kappa shape index (κ3) is 4.22. The summed E-state index contributed by atoms with van der Waals surface area (Å²) in [5.74, 6) is -1.61. The fourth-order valence-electron chi connectivity index (χ4n) is 6.22. The molecular formula is C31H26FN3O3. The van der Waals surface area contributed by atoms with Gasteiger partial charge in [-0.05, 0) is 78.1 Å². The molecular weight excluding hydrogens is 481 g/mol. The van der Waals surface area contributed by atoms with Crippen LogP contribution in [0, 0.1) is 28.5 Å². The monoisotopic (exact) mass is 507 g/mol. The van der Waals surface area contributed by atoms with E-state index in [1.165, 1.54) is 12.1 Å². The van der Waals surface area contributed by atoms with Crippen LogP contribution in [-0.2, 0) is 11.3 Å². The Kier molecular flexibility index (Phi) is 5.76. The number of aromatic nitrogens is 1. The Bertz CT molecular complexity index is 1600. The minimum atomic E-state index is -0.736. The fourth-order valence-corrected chi connectivity index (χ4v) is 6.22. The van der Waals surface area contributed by atoms with E-state index in [0.717, 1.165) is 29.5 Å². The lowest BCUT2D eigenvalue weighted by Crippen LogP contribution is -2.57. The number of halogens is 1. The molecule has 6 nitrogen and oxygen atoms in total. The van der Waals surface area contributed by atoms with E-state index in [1.54, 1.807) is 18.3 Å². The summed E-state index contributed by atoms with van der Waals surface area (Å²) in [7, 11) is 0. The lowest BCUT2D eigenvalue weighted by atomic mass is 9.50. The number of nitrogens with one attached hydrogen (secondary N) is 1. The molecule has 1 aromatic heterocycles. The van der Waals surface area contributed by atoms with Gasteiger partial charge in [0.05, 0.1) is 28.6 Å². The maximum Gasteiger partial charge on any atom is 0.306 e. The van der Waals surface area contributed by atoms with Crippen molar-refractivity contribution < 1.29 is 19.1 Å². The van der Waals surface area contributed by atoms with Crippen LogP contribution in [0.1, 0.15) is 47.2 Å². The Balaban J connectivity index is 1.19. The molecule has 0 radical (unpaired) electrons. The molecule has 1 heterocycles. The minimum absolute atomic E-state index is 0.00726. The Hall–Kier alpha value is -4.44. The predicted molar refractivity (Wildman–Crippen MR) is 141 cm³/mol. The van der Waals surface area contributed by atoms with E-state index in [-0.39, 0.29) is 29.1 Å². The normalized spacial score (nSPS) is 21.9. The number of rotatable bonds is 6. The molecule has 0 saturated heterocycles. The van der Waals surface area contributed by atoms with Gasteiger partial charge in [0.15, 0.2) is 0 Å². The summed E-state index contributed by atoms with van der Waals surface area (Å²) in [6, 6.07) is 22.1. The highest BCUT2D eigenvalue weighted by Crippen LogP contribution is 2.58. The van der Waals surface area contributed by atoms with E-state index < -0.39 is 5.97 Å². The molecule has 0 aliphatic heterocycles. The number of carbonyl (C=O) groups is 2. The smallest absolute Gasteiger partial charge is 0.306 e. The lowest BCUT2D eigenvalue weighted by Gasteiger charge is -2.56. The molecule has 0 bridgehead atoms. The Morgan fingerprint density at radius 2 is 1.79 bits per heavy atom. The quantitative estimate of drug-likeness (QED) is 0.348. The molecule has 1 spiro atoms. The van der Waals surface area contributed by atoms with Gasteiger partial charge in [0.25, 0.3) is 5.91 Å². The maximum absolute atomic E-state index is 14.7. The van der Waals surface area contributed by atoms with E-state index in [1.807, 2.05) is 47.0 Å². The van der Waals surface area contributed by atoms with Crippen LogP contribution in [0.2, 0.25) is 0 Å². The van der Waals surface area contributed by atoms with Gasteiger partial charge in [0.1, 0.15) is 5.82 Å². The van der Waals surface area contributed by atoms with Crippen molar-refractivity contribution in [1.82, 2.24) is 9.88 Å². The number of carboxylic acids is 1. The topological polar surface area (TPSA) is 95.1 Å². The van der Waals surface area contributed by atoms with Crippen molar-refractivity contribution in [2.24, 2.45) is 11.3 Å². The van der Waals surface area contributed by atoms with Gasteiger partial charge < -0.3 is 15.0 Å². The van der Waals surface area contributed by atoms with Crippen LogP contribution < -0.4 is 5.32 Å². The number of carboxylic acid groups (broad SMARTS) is 1. The lowest BCUT2D eigenvalue weighted by molar-refractivity contribution is -0.155. The first-order valence-corrected chi connectivity index (χ1v) is 12.7. The molecule has 6 rings (SSSR count). The summed E-state index contributed by atoms with van der Waals surface area (Å²) >= 11 is 0. The number of benzene rings is 3. The Morgan fingerprint density at radius 1 is 1.03 bits per heavy atom. The Labute approximate surface area is 219 Å². The van der Waals surface area contributed by atoms with Crippen LogP contribution >= 0.6 is 0 Å². The summed E-state index contributed by atoms with van der Waals surface area (Å²) in [5.41, 5.74) is 4.59. The number of fused-ring (bicyclic) bond motifs is 1. The molecule has 2 fully saturated rings. The van der Waals surface area contributed by atoms with E-state index in [4.69, 9.17) is 10.4 Å². The van der Waals surface area contributed by atoms with Crippen molar-refractivity contribution in [3.05, 3.63) is 95.4 Å². The van der Waals surface area contributed by atoms with Gasteiger partial charge in [-0.2, -0.15) is 5.26 Å². The highest BCUT2D eigenvalue weighted by Gasteiger charge is 2.55. The number of amides is 1. The summed E-state index contributed by atoms with van der Waals surface area (Å²) in [6.07, 6.45) is 4.74. The zero-order chi connectivity index (χ0) is 26.4. The average Bonchev–Trinajstić information content (AvgIpc) is 3.29. The van der Waals surface area contributed by atoms with Gasteiger partial charge in [0.2, 0.25) is 0 Å². The van der Waals surface area contributed by atoms with Gasteiger partial charge >= 0.3 is 5.97 Å². The largest absolute Gasteiger partial charge is 0.481 e. The Morgan fingerprint density at radius 3 is 2.50 bits per heavy atom. The average molecular weight is 508 g/mol. The van der Waals surface area contributed by atoms with Crippen molar-refractivity contribution in [3.63, 3.8) is 0 Å². The second-order valence-corrected chi connectivity index (χ2v) is 10.7. The summed E-state index contributed by atoms with van der Waals surface area (Å²) in [4.78, 5) is 24.4. The van der Waals surface area contributed by atoms with Crippen LogP contribution in [0.15, 0.2) is 72.9 Å². The van der Waals surface area contributed by atoms with Crippen molar-refractivity contribution in [3.8, 4) is 17.2 Å². The molecule has 3 aromatic carbocycles. The molecule has 38 heavy (non-hydrogen) atoms. The first-order valence-electron chi connectivity index (χ1n) is 12.7. The second-order valence-electron chi connectivity index (χ2n) is 10.7. The van der Waals surface area contributed by atoms with Gasteiger partial charge in [0, 0.05) is 24.2 Å². The van der Waals surface area contributed by atoms with E-state index >= 15 is 0 Å². The molecule has 1 amide bonds. The first-order chi connectivity index (χ1) is 18.3. The number of hydrogen-bond acceptors (Lipinski definition) is 3. The molecule has 4 aromatic rings. The highest BCUT2D eigenvalue weighted by atomic mass is 19.1. The van der Waals surface area contributed by atoms with E-state index in [2.05, 4.69) is 11.4 Å². The predicted octanol–water partition coefficient (Wildman–Crippen LogP) is 5.74. The number of aliphatic carboxylic acids is 1. The summed E-state index contributed by atoms with van der Waals surface area (Å²) in [5, 5.41) is 21.8. The first kappa shape index (κ1) is 23.9. The SMILES string of the molecule is N#Cc1cccc(-c2ccc(Cn3ccc4c(F)ccc(C(=O)NC5CC6(C5)CC(C(=O)O)C6)c43)cc2)c1. The molecule has 2 aliphatic carbocycles. The third-order valence-corrected chi connectivity index (χ3v) is 8.15. The molecule has 0 unspecified atom stereocenters. The van der Waals surface area contributed by atoms with Crippen LogP contribution in [-0.4, -0.2) is 27.6 Å². The van der Waals surface area contributed by atoms with Crippen LogP contribution in [0.4, 0.5) is 4.39 Å². The highest BCUT2D eigenvalue weighted by molar-refractivity contribution is 6.06. The molecule has 2 aliphatic rings. The standard InChI is InChI=1S/C31H26FN3O3/c32-27-9-8-26(29(36)34-24-15-31(16-24)13-23(14-31)30(37)38)28-25(27)10-11-35(28)18-19-4-6-21(7-5-19)22-3-1-2-20(12-22)17-33/h1-12,23-24H,13-16,18H2,(H,34,36)(H,37,38). The number of nitriles is 1. The summed E-state index contributed by atoms with van der Waals surface area (Å²) in [6.45, 7) is 0.467. The van der Waals surface area contributed by atoms with Gasteiger partial charge in [-0.3, -0.25) is 9.59 Å². The zero-order valence-electron chi connectivity index (χ0n) is 20.7. The molecule has 7 heteroatoms. The van der Waals surface area contributed by atoms with Crippen LogP contribution in [0.3, 0.4) is 0 Å². The van der Waals surface area contributed by atoms with E-state index in [0.29, 0.717) is 41.4 Å². The van der Waals surface area contributed by atoms with Crippen LogP contribution in [0.25, 0.3) is 22.0 Å². The van der Waals surface area contributed by atoms with Crippen molar-refractivity contribution in [2.45, 2.75) is 38.3 Å². The fraction of sp³-hybridized carbons (Fsp3) is 0.258. The summed E-state index contributed by atoms with van der Waals surface area (Å²) < 4.78 is 16.6. The van der Waals surface area contributed by atoms with Gasteiger partial charge in [-0.1, -0.05) is 36.4 Å².